The van der Waals surface area contributed by atoms with Gasteiger partial charge in [0.1, 0.15) is 0 Å². The van der Waals surface area contributed by atoms with E-state index < -0.39 is 0 Å². The third-order valence-electron chi connectivity index (χ3n) is 2.81. The molecule has 1 fully saturated rings. The first-order chi connectivity index (χ1) is 7.88. The van der Waals surface area contributed by atoms with Gasteiger partial charge < -0.3 is 10.1 Å². The fourth-order valence-electron chi connectivity index (χ4n) is 1.84. The fourth-order valence-corrected chi connectivity index (χ4v) is 2.86. The van der Waals surface area contributed by atoms with Crippen LogP contribution in [0.25, 0.3) is 0 Å². The molecule has 2 nitrogen and oxygen atoms in total. The van der Waals surface area contributed by atoms with Gasteiger partial charge in [-0.15, -0.1) is 11.8 Å². The molecule has 0 amide bonds. The van der Waals surface area contributed by atoms with E-state index >= 15 is 0 Å². The van der Waals surface area contributed by atoms with Gasteiger partial charge in [-0.25, -0.2) is 0 Å². The largest absolute Gasteiger partial charge is 0.381 e. The van der Waals surface area contributed by atoms with Crippen LogP contribution in [-0.4, -0.2) is 26.0 Å². The Bertz CT molecular complexity index is 306. The van der Waals surface area contributed by atoms with Gasteiger partial charge in [0.15, 0.2) is 0 Å². The summed E-state index contributed by atoms with van der Waals surface area (Å²) in [4.78, 5) is 1.37. The third-order valence-corrected chi connectivity index (χ3v) is 4.06. The molecular formula is C13H19NOS. The zero-order valence-corrected chi connectivity index (χ0v) is 10.6. The van der Waals surface area contributed by atoms with E-state index in [9.17, 15) is 0 Å². The zero-order chi connectivity index (χ0) is 11.2. The molecule has 0 aromatic heterocycles. The van der Waals surface area contributed by atoms with Gasteiger partial charge in [0, 0.05) is 23.8 Å². The number of rotatable bonds is 5. The summed E-state index contributed by atoms with van der Waals surface area (Å²) in [5, 5.41) is 3.16. The van der Waals surface area contributed by atoms with Crippen molar-refractivity contribution >= 4 is 11.8 Å². The maximum atomic E-state index is 5.37. The Labute approximate surface area is 102 Å². The van der Waals surface area contributed by atoms with Crippen molar-refractivity contribution in [3.05, 3.63) is 29.8 Å². The maximum absolute atomic E-state index is 5.37. The summed E-state index contributed by atoms with van der Waals surface area (Å²) >= 11 is 1.94. The topological polar surface area (TPSA) is 21.3 Å². The Balaban J connectivity index is 1.80. The van der Waals surface area contributed by atoms with Gasteiger partial charge in [-0.3, -0.25) is 0 Å². The monoisotopic (exact) mass is 237 g/mol. The molecule has 1 aromatic carbocycles. The highest BCUT2D eigenvalue weighted by Crippen LogP contribution is 2.24. The number of hydrogen-bond donors (Lipinski definition) is 1. The van der Waals surface area contributed by atoms with Gasteiger partial charge in [0.2, 0.25) is 0 Å². The molecule has 0 spiro atoms. The van der Waals surface area contributed by atoms with Crippen LogP contribution in [-0.2, 0) is 11.3 Å². The molecule has 1 unspecified atom stereocenters. The summed E-state index contributed by atoms with van der Waals surface area (Å²) in [7, 11) is 1.97. The molecule has 1 N–H and O–H groups in total. The number of nitrogens with one attached hydrogen (secondary N) is 1. The minimum Gasteiger partial charge on any atom is -0.381 e. The molecule has 0 bridgehead atoms. The summed E-state index contributed by atoms with van der Waals surface area (Å²) in [5.74, 6) is 1.94. The lowest BCUT2D eigenvalue weighted by atomic mass is 10.2. The highest BCUT2D eigenvalue weighted by Gasteiger charge is 2.15. The smallest absolute Gasteiger partial charge is 0.0503 e. The second-order valence-corrected chi connectivity index (χ2v) is 5.31. The quantitative estimate of drug-likeness (QED) is 0.795. The van der Waals surface area contributed by atoms with Crippen molar-refractivity contribution in [2.24, 2.45) is 5.92 Å². The van der Waals surface area contributed by atoms with Crippen LogP contribution in [0.1, 0.15) is 12.0 Å². The lowest BCUT2D eigenvalue weighted by Crippen LogP contribution is -2.04. The molecule has 1 aliphatic rings. The molecule has 88 valence electrons. The minimum atomic E-state index is 0.752. The third kappa shape index (κ3) is 3.51. The summed E-state index contributed by atoms with van der Waals surface area (Å²) in [6.07, 6.45) is 1.23. The molecule has 1 aromatic rings. The highest BCUT2D eigenvalue weighted by atomic mass is 32.2. The normalized spacial score (nSPS) is 20.2. The van der Waals surface area contributed by atoms with E-state index in [-0.39, 0.29) is 0 Å². The molecule has 16 heavy (non-hydrogen) atoms. The minimum absolute atomic E-state index is 0.752. The van der Waals surface area contributed by atoms with Crippen LogP contribution in [0.4, 0.5) is 0 Å². The van der Waals surface area contributed by atoms with Crippen LogP contribution in [0.3, 0.4) is 0 Å². The van der Waals surface area contributed by atoms with Gasteiger partial charge in [-0.2, -0.15) is 0 Å². The van der Waals surface area contributed by atoms with Gasteiger partial charge in [-0.1, -0.05) is 12.1 Å². The Hall–Kier alpha value is -0.510. The number of hydrogen-bond acceptors (Lipinski definition) is 3. The molecule has 0 aliphatic carbocycles. The van der Waals surface area contributed by atoms with Gasteiger partial charge in [-0.05, 0) is 37.1 Å². The second kappa shape index (κ2) is 6.28. The van der Waals surface area contributed by atoms with E-state index in [0.717, 1.165) is 25.7 Å². The molecule has 1 aliphatic heterocycles. The van der Waals surface area contributed by atoms with Crippen LogP contribution in [0.2, 0.25) is 0 Å². The van der Waals surface area contributed by atoms with Crippen LogP contribution in [0.15, 0.2) is 29.2 Å². The van der Waals surface area contributed by atoms with E-state index in [1.54, 1.807) is 0 Å². The molecule has 1 saturated heterocycles. The second-order valence-electron chi connectivity index (χ2n) is 4.21. The Morgan fingerprint density at radius 3 is 2.81 bits per heavy atom. The summed E-state index contributed by atoms with van der Waals surface area (Å²) in [6.45, 7) is 2.85. The molecule has 1 atom stereocenters. The number of benzene rings is 1. The Morgan fingerprint density at radius 1 is 1.38 bits per heavy atom. The van der Waals surface area contributed by atoms with Gasteiger partial charge in [0.05, 0.1) is 6.61 Å². The lowest BCUT2D eigenvalue weighted by molar-refractivity contribution is 0.189. The number of thioether (sulfide) groups is 1. The molecule has 0 radical (unpaired) electrons. The maximum Gasteiger partial charge on any atom is 0.0503 e. The first-order valence-corrected chi connectivity index (χ1v) is 6.81. The molecular weight excluding hydrogens is 218 g/mol. The lowest BCUT2D eigenvalue weighted by Gasteiger charge is -2.07. The average molecular weight is 237 g/mol. The van der Waals surface area contributed by atoms with Crippen molar-refractivity contribution < 1.29 is 4.74 Å². The average Bonchev–Trinajstić information content (AvgIpc) is 2.82. The van der Waals surface area contributed by atoms with Crippen molar-refractivity contribution in [1.82, 2.24) is 5.32 Å². The fraction of sp³-hybridized carbons (Fsp3) is 0.538. The summed E-state index contributed by atoms with van der Waals surface area (Å²) < 4.78 is 5.37. The van der Waals surface area contributed by atoms with Gasteiger partial charge >= 0.3 is 0 Å². The van der Waals surface area contributed by atoms with Crippen molar-refractivity contribution in [2.75, 3.05) is 26.0 Å². The Kier molecular flexibility index (Phi) is 4.69. The molecule has 1 heterocycles. The van der Waals surface area contributed by atoms with Gasteiger partial charge in [0.25, 0.3) is 0 Å². The van der Waals surface area contributed by atoms with E-state index in [4.69, 9.17) is 4.74 Å². The molecule has 0 saturated carbocycles. The van der Waals surface area contributed by atoms with E-state index in [0.29, 0.717) is 0 Å². The first kappa shape index (κ1) is 12.0. The summed E-state index contributed by atoms with van der Waals surface area (Å²) in [6, 6.07) is 8.83. The van der Waals surface area contributed by atoms with Crippen molar-refractivity contribution in [3.8, 4) is 0 Å². The predicted octanol–water partition coefficient (Wildman–Crippen LogP) is 2.53. The number of ether oxygens (including phenoxy) is 1. The zero-order valence-electron chi connectivity index (χ0n) is 9.74. The molecule has 2 rings (SSSR count). The SMILES string of the molecule is CNCc1ccc(SCC2CCOC2)cc1. The Morgan fingerprint density at radius 2 is 2.19 bits per heavy atom. The van der Waals surface area contributed by atoms with Crippen molar-refractivity contribution in [1.29, 1.82) is 0 Å². The van der Waals surface area contributed by atoms with Crippen LogP contribution < -0.4 is 5.32 Å². The van der Waals surface area contributed by atoms with E-state index in [2.05, 4.69) is 29.6 Å². The first-order valence-electron chi connectivity index (χ1n) is 5.82. The van der Waals surface area contributed by atoms with Crippen LogP contribution >= 0.6 is 11.8 Å². The highest BCUT2D eigenvalue weighted by molar-refractivity contribution is 7.99. The van der Waals surface area contributed by atoms with E-state index in [1.165, 1.54) is 22.6 Å². The van der Waals surface area contributed by atoms with Crippen molar-refractivity contribution in [2.45, 2.75) is 17.9 Å². The van der Waals surface area contributed by atoms with Crippen LogP contribution in [0.5, 0.6) is 0 Å². The van der Waals surface area contributed by atoms with E-state index in [1.807, 2.05) is 18.8 Å². The molecule has 3 heteroatoms. The summed E-state index contributed by atoms with van der Waals surface area (Å²) in [5.41, 5.74) is 1.34. The van der Waals surface area contributed by atoms with Crippen molar-refractivity contribution in [3.63, 3.8) is 0 Å². The predicted molar refractivity (Wildman–Crippen MR) is 68.9 cm³/mol. The standard InChI is InChI=1S/C13H19NOS/c1-14-8-11-2-4-13(5-3-11)16-10-12-6-7-15-9-12/h2-5,12,14H,6-10H2,1H3. The van der Waals surface area contributed by atoms with Crippen LogP contribution in [0, 0.1) is 5.92 Å².